The molecule has 15 heavy (non-hydrogen) atoms. The Kier molecular flexibility index (Phi) is 5.95. The maximum atomic E-state index is 12.1. The first-order chi connectivity index (χ1) is 6.99. The Labute approximate surface area is 85.3 Å². The van der Waals surface area contributed by atoms with E-state index in [0.29, 0.717) is 0 Å². The molecule has 0 aliphatic heterocycles. The van der Waals surface area contributed by atoms with E-state index in [1.807, 2.05) is 0 Å². The number of ketones is 1. The van der Waals surface area contributed by atoms with Crippen LogP contribution in [0.2, 0.25) is 0 Å². The summed E-state index contributed by atoms with van der Waals surface area (Å²) in [5.41, 5.74) is 0. The van der Waals surface area contributed by atoms with Gasteiger partial charge in [-0.3, -0.25) is 9.59 Å². The van der Waals surface area contributed by atoms with E-state index in [2.05, 4.69) is 14.2 Å². The zero-order valence-electron chi connectivity index (χ0n) is 8.53. The molecule has 0 aliphatic rings. The summed E-state index contributed by atoms with van der Waals surface area (Å²) in [5, 5.41) is 0. The van der Waals surface area contributed by atoms with E-state index in [-0.39, 0.29) is 0 Å². The molecule has 0 bridgehead atoms. The summed E-state index contributed by atoms with van der Waals surface area (Å²) >= 11 is 0. The molecule has 0 aromatic carbocycles. The van der Waals surface area contributed by atoms with Gasteiger partial charge < -0.3 is 14.2 Å². The summed E-state index contributed by atoms with van der Waals surface area (Å²) < 4.78 is 37.7. The summed E-state index contributed by atoms with van der Waals surface area (Å²) in [6.45, 7) is 0. The van der Waals surface area contributed by atoms with E-state index in [4.69, 9.17) is 0 Å². The number of hydrogen-bond acceptors (Lipinski definition) is 5. The number of esters is 1. The summed E-state index contributed by atoms with van der Waals surface area (Å²) in [6.07, 6.45) is -4.65. The Bertz CT molecular complexity index is 227. The Balaban J connectivity index is 4.86. The van der Waals surface area contributed by atoms with Crippen molar-refractivity contribution in [2.45, 2.75) is 12.7 Å². The molecule has 0 rings (SSSR count). The van der Waals surface area contributed by atoms with Crippen molar-refractivity contribution in [3.63, 3.8) is 0 Å². The predicted molar refractivity (Wildman–Crippen MR) is 44.3 cm³/mol. The van der Waals surface area contributed by atoms with E-state index < -0.39 is 30.4 Å². The van der Waals surface area contributed by atoms with Crippen molar-refractivity contribution in [1.29, 1.82) is 0 Å². The Morgan fingerprint density at radius 3 is 1.80 bits per heavy atom. The number of rotatable bonds is 6. The highest BCUT2D eigenvalue weighted by atomic mass is 19.3. The molecule has 0 aromatic rings. The van der Waals surface area contributed by atoms with Gasteiger partial charge in [0.05, 0.1) is 7.11 Å². The quantitative estimate of drug-likeness (QED) is 0.368. The van der Waals surface area contributed by atoms with Gasteiger partial charge in [-0.05, 0) is 0 Å². The van der Waals surface area contributed by atoms with Crippen molar-refractivity contribution < 1.29 is 32.6 Å². The largest absolute Gasteiger partial charge is 0.468 e. The van der Waals surface area contributed by atoms with Crippen LogP contribution < -0.4 is 0 Å². The van der Waals surface area contributed by atoms with E-state index in [0.717, 1.165) is 21.3 Å². The fourth-order valence-electron chi connectivity index (χ4n) is 0.992. The van der Waals surface area contributed by atoms with Crippen molar-refractivity contribution in [3.05, 3.63) is 0 Å². The number of ether oxygens (including phenoxy) is 3. The number of carbonyl (C=O) groups is 2. The van der Waals surface area contributed by atoms with Gasteiger partial charge in [-0.25, -0.2) is 8.78 Å². The minimum atomic E-state index is -3.28. The number of methoxy groups -OCH3 is 3. The van der Waals surface area contributed by atoms with E-state index >= 15 is 0 Å². The van der Waals surface area contributed by atoms with Gasteiger partial charge in [-0.1, -0.05) is 0 Å². The van der Waals surface area contributed by atoms with Gasteiger partial charge in [0.25, 0.3) is 6.43 Å². The SMILES string of the molecule is COC(=O)C(C(=O)C(F)F)C(OC)OC. The van der Waals surface area contributed by atoms with Crippen LogP contribution in [-0.4, -0.2) is 45.8 Å². The highest BCUT2D eigenvalue weighted by molar-refractivity contribution is 6.01. The van der Waals surface area contributed by atoms with Crippen molar-refractivity contribution in [3.8, 4) is 0 Å². The van der Waals surface area contributed by atoms with Crippen molar-refractivity contribution >= 4 is 11.8 Å². The molecule has 5 nitrogen and oxygen atoms in total. The van der Waals surface area contributed by atoms with E-state index in [1.165, 1.54) is 0 Å². The maximum absolute atomic E-state index is 12.1. The average molecular weight is 226 g/mol. The molecule has 7 heteroatoms. The highest BCUT2D eigenvalue weighted by Crippen LogP contribution is 2.15. The van der Waals surface area contributed by atoms with Crippen LogP contribution in [0, 0.1) is 5.92 Å². The average Bonchev–Trinajstić information content (AvgIpc) is 2.23. The lowest BCUT2D eigenvalue weighted by Crippen LogP contribution is -2.41. The molecular weight excluding hydrogens is 214 g/mol. The molecule has 0 saturated heterocycles. The first-order valence-electron chi connectivity index (χ1n) is 3.94. The third kappa shape index (κ3) is 3.52. The van der Waals surface area contributed by atoms with E-state index in [1.54, 1.807) is 0 Å². The van der Waals surface area contributed by atoms with Gasteiger partial charge in [0.1, 0.15) is 0 Å². The van der Waals surface area contributed by atoms with Gasteiger partial charge in [-0.15, -0.1) is 0 Å². The molecule has 0 aliphatic carbocycles. The van der Waals surface area contributed by atoms with Gasteiger partial charge in [0.2, 0.25) is 5.78 Å². The molecule has 0 spiro atoms. The summed E-state index contributed by atoms with van der Waals surface area (Å²) in [7, 11) is 3.24. The second-order valence-corrected chi connectivity index (χ2v) is 2.54. The fourth-order valence-corrected chi connectivity index (χ4v) is 0.992. The van der Waals surface area contributed by atoms with Crippen molar-refractivity contribution in [2.24, 2.45) is 5.92 Å². The minimum absolute atomic E-state index is 0.983. The molecule has 0 fully saturated rings. The number of halogens is 2. The van der Waals surface area contributed by atoms with Crippen LogP contribution in [0.5, 0.6) is 0 Å². The van der Waals surface area contributed by atoms with Crippen LogP contribution in [0.15, 0.2) is 0 Å². The Hall–Kier alpha value is -1.08. The summed E-state index contributed by atoms with van der Waals surface area (Å²) in [6, 6.07) is 0. The molecule has 0 heterocycles. The van der Waals surface area contributed by atoms with Gasteiger partial charge in [-0.2, -0.15) is 0 Å². The third-order valence-electron chi connectivity index (χ3n) is 1.71. The summed E-state index contributed by atoms with van der Waals surface area (Å²) in [4.78, 5) is 22.1. The van der Waals surface area contributed by atoms with Gasteiger partial charge in [0, 0.05) is 14.2 Å². The van der Waals surface area contributed by atoms with Crippen molar-refractivity contribution in [1.82, 2.24) is 0 Å². The molecule has 0 aromatic heterocycles. The highest BCUT2D eigenvalue weighted by Gasteiger charge is 2.40. The van der Waals surface area contributed by atoms with Crippen LogP contribution in [0.25, 0.3) is 0 Å². The second kappa shape index (κ2) is 6.41. The van der Waals surface area contributed by atoms with Gasteiger partial charge in [0.15, 0.2) is 12.2 Å². The predicted octanol–water partition coefficient (Wildman–Crippen LogP) is 0.229. The molecule has 88 valence electrons. The standard InChI is InChI=1S/C8H12F2O5/c1-13-7(12)4(5(11)6(9)10)8(14-2)15-3/h4,6,8H,1-3H3. The zero-order chi connectivity index (χ0) is 12.0. The lowest BCUT2D eigenvalue weighted by Gasteiger charge is -2.20. The number of carbonyl (C=O) groups excluding carboxylic acids is 2. The Morgan fingerprint density at radius 1 is 1.07 bits per heavy atom. The zero-order valence-corrected chi connectivity index (χ0v) is 8.53. The first-order valence-corrected chi connectivity index (χ1v) is 3.94. The van der Waals surface area contributed by atoms with E-state index in [9.17, 15) is 18.4 Å². The van der Waals surface area contributed by atoms with Gasteiger partial charge >= 0.3 is 5.97 Å². The van der Waals surface area contributed by atoms with Crippen LogP contribution in [-0.2, 0) is 23.8 Å². The molecule has 1 atom stereocenters. The molecule has 0 radical (unpaired) electrons. The van der Waals surface area contributed by atoms with Crippen molar-refractivity contribution in [2.75, 3.05) is 21.3 Å². The smallest absolute Gasteiger partial charge is 0.321 e. The van der Waals surface area contributed by atoms with Crippen LogP contribution >= 0.6 is 0 Å². The molecule has 0 saturated carbocycles. The monoisotopic (exact) mass is 226 g/mol. The fraction of sp³-hybridized carbons (Fsp3) is 0.750. The lowest BCUT2D eigenvalue weighted by atomic mass is 10.0. The van der Waals surface area contributed by atoms with Crippen LogP contribution in [0.3, 0.4) is 0 Å². The third-order valence-corrected chi connectivity index (χ3v) is 1.71. The molecular formula is C8H12F2O5. The van der Waals surface area contributed by atoms with Crippen LogP contribution in [0.4, 0.5) is 8.78 Å². The normalized spacial score (nSPS) is 13.0. The van der Waals surface area contributed by atoms with Crippen LogP contribution in [0.1, 0.15) is 0 Å². The number of alkyl halides is 2. The minimum Gasteiger partial charge on any atom is -0.468 e. The first kappa shape index (κ1) is 13.9. The molecule has 1 unspecified atom stereocenters. The number of hydrogen-bond donors (Lipinski definition) is 0. The lowest BCUT2D eigenvalue weighted by molar-refractivity contribution is -0.182. The Morgan fingerprint density at radius 2 is 1.53 bits per heavy atom. The number of Topliss-reactive ketones (excluding diaryl/α,β-unsaturated/α-hetero) is 1. The maximum Gasteiger partial charge on any atom is 0.321 e. The topological polar surface area (TPSA) is 61.8 Å². The molecule has 0 amide bonds. The second-order valence-electron chi connectivity index (χ2n) is 2.54. The molecule has 0 N–H and O–H groups in total. The summed E-state index contributed by atoms with van der Waals surface area (Å²) in [5.74, 6) is -4.48.